The van der Waals surface area contributed by atoms with Gasteiger partial charge in [-0.25, -0.2) is 15.0 Å². The second-order valence-corrected chi connectivity index (χ2v) is 13.6. The molecule has 0 saturated heterocycles. The molecule has 0 unspecified atom stereocenters. The van der Waals surface area contributed by atoms with Gasteiger partial charge in [-0.05, 0) is 68.9 Å². The fourth-order valence-electron chi connectivity index (χ4n) is 7.67. The zero-order valence-corrected chi connectivity index (χ0v) is 28.1. The molecule has 0 amide bonds. The number of nitrogens with zero attached hydrogens (tertiary/aromatic N) is 3. The molecule has 1 aliphatic carbocycles. The topological polar surface area (TPSA) is 57.1 Å². The molecule has 2 aliphatic rings. The number of aromatic nitrogens is 3. The summed E-state index contributed by atoms with van der Waals surface area (Å²) in [4.78, 5) is 15.2. The maximum absolute atomic E-state index is 6.67. The highest BCUT2D eigenvalue weighted by Crippen LogP contribution is 2.58. The van der Waals surface area contributed by atoms with Crippen LogP contribution in [0.25, 0.3) is 67.2 Å². The number of fused-ring (bicyclic) bond motifs is 7. The van der Waals surface area contributed by atoms with E-state index >= 15 is 0 Å². The SMILES string of the molecule is CC1(C)c2ccccc2-c2c1ccc1c2Oc2ccc(-c3nc(-c4ccccc4)nc(-c4ccc(-c5ccccc5)c5ccccc45)n3)cc2O1. The molecule has 0 radical (unpaired) electrons. The van der Waals surface area contributed by atoms with Gasteiger partial charge in [0.2, 0.25) is 0 Å². The Balaban J connectivity index is 1.09. The maximum Gasteiger partial charge on any atom is 0.178 e. The van der Waals surface area contributed by atoms with Gasteiger partial charge in [-0.2, -0.15) is 0 Å². The Morgan fingerprint density at radius 2 is 1.02 bits per heavy atom. The molecule has 0 saturated carbocycles. The normalized spacial score (nSPS) is 13.4. The predicted molar refractivity (Wildman–Crippen MR) is 203 cm³/mol. The second kappa shape index (κ2) is 11.2. The summed E-state index contributed by atoms with van der Waals surface area (Å²) in [6, 6.07) is 51.9. The van der Waals surface area contributed by atoms with Gasteiger partial charge in [-0.3, -0.25) is 0 Å². The number of hydrogen-bond donors (Lipinski definition) is 0. The Morgan fingerprint density at radius 1 is 0.412 bits per heavy atom. The standard InChI is InChI=1S/C46H31N3O2/c1-46(2)36-20-12-11-19-35(36)41-37(46)24-26-39-42(41)51-38-25-21-30(27-40(38)50-39)44-47-43(29-15-7-4-8-16-29)48-45(49-44)34-23-22-31(28-13-5-3-6-14-28)32-17-9-10-18-33(32)34/h3-27H,1-2H3. The third-order valence-corrected chi connectivity index (χ3v) is 10.2. The fraction of sp³-hybridized carbons (Fsp3) is 0.0652. The molecule has 0 fully saturated rings. The molecule has 0 atom stereocenters. The smallest absolute Gasteiger partial charge is 0.178 e. The van der Waals surface area contributed by atoms with Gasteiger partial charge in [-0.1, -0.05) is 135 Å². The van der Waals surface area contributed by atoms with Crippen molar-refractivity contribution in [2.75, 3.05) is 0 Å². The highest BCUT2D eigenvalue weighted by Gasteiger charge is 2.39. The molecular weight excluding hydrogens is 627 g/mol. The lowest BCUT2D eigenvalue weighted by Gasteiger charge is -2.25. The summed E-state index contributed by atoms with van der Waals surface area (Å²) < 4.78 is 13.3. The summed E-state index contributed by atoms with van der Waals surface area (Å²) in [6.45, 7) is 4.53. The van der Waals surface area contributed by atoms with Crippen molar-refractivity contribution in [1.82, 2.24) is 15.0 Å². The van der Waals surface area contributed by atoms with E-state index in [1.165, 1.54) is 16.7 Å². The van der Waals surface area contributed by atoms with Crippen LogP contribution in [0.3, 0.4) is 0 Å². The van der Waals surface area contributed by atoms with E-state index in [-0.39, 0.29) is 5.41 Å². The average Bonchev–Trinajstić information content (AvgIpc) is 3.43. The van der Waals surface area contributed by atoms with Gasteiger partial charge < -0.3 is 9.47 Å². The summed E-state index contributed by atoms with van der Waals surface area (Å²) in [5.74, 6) is 4.48. The average molecular weight is 658 g/mol. The Morgan fingerprint density at radius 3 is 1.80 bits per heavy atom. The highest BCUT2D eigenvalue weighted by atomic mass is 16.6. The highest BCUT2D eigenvalue weighted by molar-refractivity contribution is 6.04. The van der Waals surface area contributed by atoms with Crippen molar-refractivity contribution in [3.8, 4) is 79.4 Å². The lowest BCUT2D eigenvalue weighted by molar-refractivity contribution is 0.360. The first-order valence-corrected chi connectivity index (χ1v) is 17.2. The van der Waals surface area contributed by atoms with Crippen LogP contribution in [-0.2, 0) is 5.41 Å². The molecule has 1 aliphatic heterocycles. The molecule has 8 aromatic rings. The van der Waals surface area contributed by atoms with Crippen LogP contribution in [0.2, 0.25) is 0 Å². The quantitative estimate of drug-likeness (QED) is 0.188. The summed E-state index contributed by atoms with van der Waals surface area (Å²) in [7, 11) is 0. The van der Waals surface area contributed by atoms with E-state index < -0.39 is 0 Å². The Kier molecular flexibility index (Phi) is 6.46. The molecule has 10 rings (SSSR count). The second-order valence-electron chi connectivity index (χ2n) is 13.6. The third kappa shape index (κ3) is 4.66. The monoisotopic (exact) mass is 657 g/mol. The number of rotatable bonds is 4. The first-order chi connectivity index (χ1) is 25.0. The van der Waals surface area contributed by atoms with E-state index in [9.17, 15) is 0 Å². The van der Waals surface area contributed by atoms with Crippen LogP contribution >= 0.6 is 0 Å². The molecule has 5 heteroatoms. The van der Waals surface area contributed by atoms with Gasteiger partial charge in [0.1, 0.15) is 0 Å². The van der Waals surface area contributed by atoms with Gasteiger partial charge in [0.25, 0.3) is 0 Å². The molecule has 0 spiro atoms. The van der Waals surface area contributed by atoms with E-state index in [2.05, 4.69) is 105 Å². The van der Waals surface area contributed by atoms with Crippen molar-refractivity contribution >= 4 is 10.8 Å². The van der Waals surface area contributed by atoms with E-state index in [0.29, 0.717) is 34.7 Å². The number of hydrogen-bond acceptors (Lipinski definition) is 5. The molecule has 7 aromatic carbocycles. The van der Waals surface area contributed by atoms with Crippen LogP contribution in [0.15, 0.2) is 152 Å². The van der Waals surface area contributed by atoms with Gasteiger partial charge >= 0.3 is 0 Å². The molecule has 2 heterocycles. The van der Waals surface area contributed by atoms with Crippen molar-refractivity contribution in [2.45, 2.75) is 19.3 Å². The Bertz CT molecular complexity index is 2670. The van der Waals surface area contributed by atoms with Crippen LogP contribution < -0.4 is 9.47 Å². The Labute approximate surface area is 295 Å². The van der Waals surface area contributed by atoms with Crippen molar-refractivity contribution < 1.29 is 9.47 Å². The van der Waals surface area contributed by atoms with Crippen molar-refractivity contribution in [1.29, 1.82) is 0 Å². The van der Waals surface area contributed by atoms with Gasteiger partial charge in [0.15, 0.2) is 40.5 Å². The van der Waals surface area contributed by atoms with E-state index in [1.54, 1.807) is 0 Å². The number of ether oxygens (including phenoxy) is 2. The van der Waals surface area contributed by atoms with Gasteiger partial charge in [0, 0.05) is 27.7 Å². The summed E-state index contributed by atoms with van der Waals surface area (Å²) in [6.07, 6.45) is 0. The molecule has 242 valence electrons. The maximum atomic E-state index is 6.67. The van der Waals surface area contributed by atoms with E-state index in [4.69, 9.17) is 24.4 Å². The van der Waals surface area contributed by atoms with Gasteiger partial charge in [0.05, 0.1) is 0 Å². The van der Waals surface area contributed by atoms with E-state index in [0.717, 1.165) is 49.9 Å². The predicted octanol–water partition coefficient (Wildman–Crippen LogP) is 11.9. The molecule has 0 N–H and O–H groups in total. The largest absolute Gasteiger partial charge is 0.449 e. The minimum absolute atomic E-state index is 0.130. The van der Waals surface area contributed by atoms with Crippen LogP contribution in [0.1, 0.15) is 25.0 Å². The molecule has 1 aromatic heterocycles. The molecular formula is C46H31N3O2. The van der Waals surface area contributed by atoms with Crippen molar-refractivity contribution in [3.63, 3.8) is 0 Å². The van der Waals surface area contributed by atoms with Crippen LogP contribution in [0.4, 0.5) is 0 Å². The van der Waals surface area contributed by atoms with Crippen LogP contribution in [0.5, 0.6) is 23.0 Å². The first-order valence-electron chi connectivity index (χ1n) is 17.2. The lowest BCUT2D eigenvalue weighted by Crippen LogP contribution is -2.15. The number of benzene rings is 7. The summed E-state index contributed by atoms with van der Waals surface area (Å²) >= 11 is 0. The van der Waals surface area contributed by atoms with Crippen LogP contribution in [0, 0.1) is 0 Å². The summed E-state index contributed by atoms with van der Waals surface area (Å²) in [5, 5.41) is 2.21. The van der Waals surface area contributed by atoms with Gasteiger partial charge in [-0.15, -0.1) is 0 Å². The lowest BCUT2D eigenvalue weighted by atomic mass is 9.82. The molecule has 51 heavy (non-hydrogen) atoms. The zero-order chi connectivity index (χ0) is 34.1. The third-order valence-electron chi connectivity index (χ3n) is 10.2. The molecule has 0 bridgehead atoms. The Hall–Kier alpha value is -6.59. The zero-order valence-electron chi connectivity index (χ0n) is 28.1. The fourth-order valence-corrected chi connectivity index (χ4v) is 7.67. The minimum Gasteiger partial charge on any atom is -0.449 e. The first kappa shape index (κ1) is 29.3. The van der Waals surface area contributed by atoms with Crippen LogP contribution in [-0.4, -0.2) is 15.0 Å². The van der Waals surface area contributed by atoms with E-state index in [1.807, 2.05) is 60.7 Å². The van der Waals surface area contributed by atoms with Crippen molar-refractivity contribution in [2.24, 2.45) is 0 Å². The van der Waals surface area contributed by atoms with Crippen molar-refractivity contribution in [3.05, 3.63) is 163 Å². The summed E-state index contributed by atoms with van der Waals surface area (Å²) in [5.41, 5.74) is 9.67. The minimum atomic E-state index is -0.130. The molecule has 5 nitrogen and oxygen atoms in total.